The number of hydrogen-bond donors (Lipinski definition) is 0. The third kappa shape index (κ3) is 9.00. The summed E-state index contributed by atoms with van der Waals surface area (Å²) >= 11 is 0. The Hall–Kier alpha value is -7.80. The second-order valence-corrected chi connectivity index (χ2v) is 15.0. The lowest BCUT2D eigenvalue weighted by atomic mass is 9.94. The fourth-order valence-corrected chi connectivity index (χ4v) is 7.77. The third-order valence-electron chi connectivity index (χ3n) is 10.9. The van der Waals surface area contributed by atoms with E-state index in [-0.39, 0.29) is 0 Å². The SMILES string of the molecule is C(=C(c1ccccc1)c1ccccc1)c1ccc(/C=C/c2ccc(-c3cccc4ccccc34)cc2/C=C/c2ccc(C=C(c3ccccc3)c3ccccc3)cc2)cc1. The first-order chi connectivity index (χ1) is 29.7. The highest BCUT2D eigenvalue weighted by Gasteiger charge is 2.09. The van der Waals surface area contributed by atoms with Gasteiger partial charge in [0.2, 0.25) is 0 Å². The molecule has 0 bridgehead atoms. The molecule has 0 aliphatic heterocycles. The fraction of sp³-hybridized carbons (Fsp3) is 0. The van der Waals surface area contributed by atoms with Crippen LogP contribution in [0.25, 0.3) is 69.5 Å². The first-order valence-corrected chi connectivity index (χ1v) is 20.6. The summed E-state index contributed by atoms with van der Waals surface area (Å²) in [4.78, 5) is 0. The van der Waals surface area contributed by atoms with E-state index < -0.39 is 0 Å². The maximum absolute atomic E-state index is 2.32. The smallest absolute Gasteiger partial charge is 0.0105 e. The molecule has 0 saturated heterocycles. The molecule has 0 heteroatoms. The molecule has 9 rings (SSSR count). The normalized spacial score (nSPS) is 11.2. The lowest BCUT2D eigenvalue weighted by Crippen LogP contribution is -1.88. The summed E-state index contributed by atoms with van der Waals surface area (Å²) in [5.41, 5.74) is 16.6. The molecule has 0 aliphatic carbocycles. The minimum Gasteiger partial charge on any atom is -0.0622 e. The highest BCUT2D eigenvalue weighted by atomic mass is 14.1. The van der Waals surface area contributed by atoms with Crippen molar-refractivity contribution in [3.05, 3.63) is 286 Å². The molecular weight excluding hydrogens is 721 g/mol. The van der Waals surface area contributed by atoms with Crippen LogP contribution >= 0.6 is 0 Å². The zero-order chi connectivity index (χ0) is 40.4. The monoisotopic (exact) mass is 764 g/mol. The van der Waals surface area contributed by atoms with E-state index in [9.17, 15) is 0 Å². The van der Waals surface area contributed by atoms with Gasteiger partial charge in [0.05, 0.1) is 0 Å². The molecule has 0 unspecified atom stereocenters. The average molecular weight is 765 g/mol. The van der Waals surface area contributed by atoms with Gasteiger partial charge in [0.25, 0.3) is 0 Å². The fourth-order valence-electron chi connectivity index (χ4n) is 7.77. The van der Waals surface area contributed by atoms with Crippen LogP contribution in [0, 0.1) is 0 Å². The Morgan fingerprint density at radius 2 is 0.683 bits per heavy atom. The van der Waals surface area contributed by atoms with Crippen molar-refractivity contribution < 1.29 is 0 Å². The molecule has 0 aromatic heterocycles. The average Bonchev–Trinajstić information content (AvgIpc) is 3.33. The van der Waals surface area contributed by atoms with E-state index in [0.717, 1.165) is 33.4 Å². The van der Waals surface area contributed by atoms with Crippen molar-refractivity contribution in [1.82, 2.24) is 0 Å². The van der Waals surface area contributed by atoms with E-state index in [1.165, 1.54) is 55.3 Å². The topological polar surface area (TPSA) is 0 Å². The second-order valence-electron chi connectivity index (χ2n) is 15.0. The Kier molecular flexibility index (Phi) is 11.5. The molecule has 0 fully saturated rings. The van der Waals surface area contributed by atoms with Crippen molar-refractivity contribution in [2.45, 2.75) is 0 Å². The molecular formula is C60H44. The van der Waals surface area contributed by atoms with Gasteiger partial charge in [-0.05, 0) is 107 Å². The number of benzene rings is 9. The van der Waals surface area contributed by atoms with Crippen LogP contribution in [-0.4, -0.2) is 0 Å². The van der Waals surface area contributed by atoms with Crippen LogP contribution in [0.3, 0.4) is 0 Å². The summed E-state index contributed by atoms with van der Waals surface area (Å²) in [6, 6.07) is 82.1. The maximum atomic E-state index is 2.32. The van der Waals surface area contributed by atoms with E-state index in [1.54, 1.807) is 0 Å². The molecule has 0 heterocycles. The minimum atomic E-state index is 1.15. The quantitative estimate of drug-likeness (QED) is 0.115. The Labute approximate surface area is 354 Å². The van der Waals surface area contributed by atoms with E-state index in [1.807, 2.05) is 0 Å². The summed E-state index contributed by atoms with van der Waals surface area (Å²) in [6.07, 6.45) is 13.5. The summed E-state index contributed by atoms with van der Waals surface area (Å²) < 4.78 is 0. The molecule has 284 valence electrons. The van der Waals surface area contributed by atoms with Gasteiger partial charge in [-0.2, -0.15) is 0 Å². The van der Waals surface area contributed by atoms with Crippen LogP contribution < -0.4 is 0 Å². The predicted molar refractivity (Wildman–Crippen MR) is 260 cm³/mol. The summed E-state index contributed by atoms with van der Waals surface area (Å²) in [5.74, 6) is 0. The summed E-state index contributed by atoms with van der Waals surface area (Å²) in [5, 5.41) is 2.50. The Bertz CT molecular complexity index is 2860. The molecule has 0 N–H and O–H groups in total. The van der Waals surface area contributed by atoms with Crippen LogP contribution in [-0.2, 0) is 0 Å². The standard InChI is InChI=1S/C60H44/c1-5-16-51(17-6-1)59(52-18-7-2-8-19-52)42-47-32-28-45(29-33-47)36-38-49-40-41-56(58-27-15-25-50-24-13-14-26-57(50)58)44-55(49)39-37-46-30-34-48(35-31-46)43-60(53-20-9-3-10-21-53)54-22-11-4-12-23-54/h1-44H/b38-36+,39-37+. The minimum absolute atomic E-state index is 1.15. The second kappa shape index (κ2) is 18.2. The van der Waals surface area contributed by atoms with Gasteiger partial charge in [0.1, 0.15) is 0 Å². The largest absolute Gasteiger partial charge is 0.0622 e. The van der Waals surface area contributed by atoms with Crippen molar-refractivity contribution in [2.75, 3.05) is 0 Å². The van der Waals surface area contributed by atoms with E-state index in [2.05, 4.69) is 267 Å². The maximum Gasteiger partial charge on any atom is -0.0105 e. The van der Waals surface area contributed by atoms with Crippen molar-refractivity contribution in [2.24, 2.45) is 0 Å². The third-order valence-corrected chi connectivity index (χ3v) is 10.9. The van der Waals surface area contributed by atoms with Gasteiger partial charge < -0.3 is 0 Å². The van der Waals surface area contributed by atoms with Crippen molar-refractivity contribution in [3.63, 3.8) is 0 Å². The molecule has 9 aromatic carbocycles. The van der Waals surface area contributed by atoms with E-state index in [4.69, 9.17) is 0 Å². The molecule has 0 nitrogen and oxygen atoms in total. The van der Waals surface area contributed by atoms with Gasteiger partial charge in [0.15, 0.2) is 0 Å². The van der Waals surface area contributed by atoms with Gasteiger partial charge in [-0.3, -0.25) is 0 Å². The molecule has 60 heavy (non-hydrogen) atoms. The number of fused-ring (bicyclic) bond motifs is 1. The molecule has 9 aromatic rings. The zero-order valence-electron chi connectivity index (χ0n) is 33.4. The molecule has 0 amide bonds. The highest BCUT2D eigenvalue weighted by Crippen LogP contribution is 2.32. The van der Waals surface area contributed by atoms with Crippen LogP contribution in [0.1, 0.15) is 55.6 Å². The molecule has 0 aliphatic rings. The Morgan fingerprint density at radius 1 is 0.283 bits per heavy atom. The van der Waals surface area contributed by atoms with Crippen LogP contribution in [0.15, 0.2) is 231 Å². The number of hydrogen-bond acceptors (Lipinski definition) is 0. The molecule has 0 spiro atoms. The lowest BCUT2D eigenvalue weighted by Gasteiger charge is -2.10. The van der Waals surface area contributed by atoms with E-state index in [0.29, 0.717) is 0 Å². The first kappa shape index (κ1) is 37.8. The van der Waals surface area contributed by atoms with Crippen molar-refractivity contribution in [1.29, 1.82) is 0 Å². The van der Waals surface area contributed by atoms with Crippen molar-refractivity contribution >= 4 is 58.4 Å². The molecule has 0 atom stereocenters. The Morgan fingerprint density at radius 3 is 1.17 bits per heavy atom. The number of rotatable bonds is 11. The molecule has 0 saturated carbocycles. The molecule has 0 radical (unpaired) electrons. The van der Waals surface area contributed by atoms with Gasteiger partial charge in [-0.1, -0.05) is 249 Å². The highest BCUT2D eigenvalue weighted by molar-refractivity contribution is 5.98. The Balaban J connectivity index is 1.02. The zero-order valence-corrected chi connectivity index (χ0v) is 33.4. The van der Waals surface area contributed by atoms with Gasteiger partial charge >= 0.3 is 0 Å². The van der Waals surface area contributed by atoms with Crippen LogP contribution in [0.4, 0.5) is 0 Å². The first-order valence-electron chi connectivity index (χ1n) is 20.6. The van der Waals surface area contributed by atoms with Gasteiger partial charge in [0, 0.05) is 0 Å². The summed E-state index contributed by atoms with van der Waals surface area (Å²) in [6.45, 7) is 0. The van der Waals surface area contributed by atoms with Gasteiger partial charge in [-0.25, -0.2) is 0 Å². The van der Waals surface area contributed by atoms with E-state index >= 15 is 0 Å². The summed E-state index contributed by atoms with van der Waals surface area (Å²) in [7, 11) is 0. The van der Waals surface area contributed by atoms with Crippen molar-refractivity contribution in [3.8, 4) is 11.1 Å². The van der Waals surface area contributed by atoms with Crippen LogP contribution in [0.5, 0.6) is 0 Å². The van der Waals surface area contributed by atoms with Gasteiger partial charge in [-0.15, -0.1) is 0 Å². The van der Waals surface area contributed by atoms with Crippen LogP contribution in [0.2, 0.25) is 0 Å². The predicted octanol–water partition coefficient (Wildman–Crippen LogP) is 16.0. The lowest BCUT2D eigenvalue weighted by molar-refractivity contribution is 1.55.